The van der Waals surface area contributed by atoms with Gasteiger partial charge in [0.1, 0.15) is 24.0 Å². The first kappa shape index (κ1) is 23.0. The summed E-state index contributed by atoms with van der Waals surface area (Å²) in [6.07, 6.45) is 6.98. The zero-order valence-electron chi connectivity index (χ0n) is 18.8. The van der Waals surface area contributed by atoms with Crippen molar-refractivity contribution in [1.29, 1.82) is 5.26 Å². The lowest BCUT2D eigenvalue weighted by Gasteiger charge is -2.10. The van der Waals surface area contributed by atoms with Crippen LogP contribution in [0.25, 0.3) is 23.0 Å². The highest BCUT2D eigenvalue weighted by Gasteiger charge is 2.19. The van der Waals surface area contributed by atoms with Gasteiger partial charge in [-0.15, -0.1) is 0 Å². The maximum absolute atomic E-state index is 12.7. The number of para-hydroxylation sites is 1. The molecule has 0 bridgehead atoms. The summed E-state index contributed by atoms with van der Waals surface area (Å²) in [6, 6.07) is 19.2. The Hall–Kier alpha value is -4.15. The highest BCUT2D eigenvalue weighted by atomic mass is 16.5. The third-order valence-electron chi connectivity index (χ3n) is 5.44. The number of carbonyl (C=O) groups is 1. The molecule has 3 aromatic rings. The number of rotatable bonds is 9. The van der Waals surface area contributed by atoms with Crippen LogP contribution in [0.3, 0.4) is 0 Å². The third kappa shape index (κ3) is 5.61. The Balaban J connectivity index is 1.65. The maximum atomic E-state index is 12.7. The predicted molar refractivity (Wildman–Crippen MR) is 130 cm³/mol. The number of amides is 1. The monoisotopic (exact) mass is 454 g/mol. The van der Waals surface area contributed by atoms with Crippen molar-refractivity contribution in [3.63, 3.8) is 0 Å². The van der Waals surface area contributed by atoms with Gasteiger partial charge in [0.05, 0.1) is 17.5 Å². The topological polar surface area (TPSA) is 89.2 Å². The van der Waals surface area contributed by atoms with Crippen LogP contribution in [0.5, 0.6) is 5.75 Å². The lowest BCUT2D eigenvalue weighted by molar-refractivity contribution is -0.117. The average molecular weight is 455 g/mol. The van der Waals surface area contributed by atoms with E-state index in [1.807, 2.05) is 66.9 Å². The molecule has 34 heavy (non-hydrogen) atoms. The number of benzene rings is 2. The molecule has 2 heterocycles. The van der Waals surface area contributed by atoms with Gasteiger partial charge in [0.25, 0.3) is 5.91 Å². The van der Waals surface area contributed by atoms with Crippen molar-refractivity contribution in [3.8, 4) is 28.8 Å². The Morgan fingerprint density at radius 3 is 2.74 bits per heavy atom. The van der Waals surface area contributed by atoms with E-state index in [9.17, 15) is 10.1 Å². The Kier molecular flexibility index (Phi) is 7.53. The molecule has 1 unspecified atom stereocenters. The number of carbonyl (C=O) groups excluding carboxylic acids is 1. The SMILES string of the molecule is C=CCOc1ccc(-c2nn(-c3ccccc3)cc2/C=C(\C#N)C(=O)NCC2CCCO2)cc1. The molecule has 1 atom stereocenters. The van der Waals surface area contributed by atoms with Gasteiger partial charge >= 0.3 is 0 Å². The normalized spacial score (nSPS) is 15.5. The van der Waals surface area contributed by atoms with Crippen LogP contribution in [0.15, 0.2) is 79.0 Å². The standard InChI is InChI=1S/C27H26N4O3/c1-2-14-33-24-12-10-20(11-13-24)26-22(19-31(30-26)23-7-4-3-5-8-23)16-21(17-28)27(32)29-18-25-9-6-15-34-25/h2-5,7-8,10-13,16,19,25H,1,6,9,14-15,18H2,(H,29,32)/b21-16+. The molecule has 1 aliphatic heterocycles. The van der Waals surface area contributed by atoms with Gasteiger partial charge in [-0.3, -0.25) is 4.79 Å². The first-order chi connectivity index (χ1) is 16.7. The van der Waals surface area contributed by atoms with E-state index >= 15 is 0 Å². The van der Waals surface area contributed by atoms with Crippen LogP contribution in [-0.2, 0) is 9.53 Å². The van der Waals surface area contributed by atoms with E-state index < -0.39 is 5.91 Å². The Morgan fingerprint density at radius 2 is 2.06 bits per heavy atom. The molecule has 1 fully saturated rings. The van der Waals surface area contributed by atoms with Gasteiger partial charge in [-0.05, 0) is 55.3 Å². The minimum atomic E-state index is -0.426. The van der Waals surface area contributed by atoms with E-state index in [0.29, 0.717) is 31.0 Å². The molecular formula is C27H26N4O3. The van der Waals surface area contributed by atoms with Crippen LogP contribution >= 0.6 is 0 Å². The molecule has 4 rings (SSSR count). The highest BCUT2D eigenvalue weighted by molar-refractivity contribution is 6.02. The van der Waals surface area contributed by atoms with Gasteiger partial charge in [-0.2, -0.15) is 10.4 Å². The van der Waals surface area contributed by atoms with Crippen LogP contribution < -0.4 is 10.1 Å². The Bertz CT molecular complexity index is 1200. The third-order valence-corrected chi connectivity index (χ3v) is 5.44. The maximum Gasteiger partial charge on any atom is 0.262 e. The molecule has 1 N–H and O–H groups in total. The molecule has 0 spiro atoms. The van der Waals surface area contributed by atoms with Crippen LogP contribution in [0, 0.1) is 11.3 Å². The molecule has 1 aromatic heterocycles. The number of aromatic nitrogens is 2. The van der Waals surface area contributed by atoms with Crippen LogP contribution in [-0.4, -0.2) is 41.6 Å². The fourth-order valence-corrected chi connectivity index (χ4v) is 3.71. The predicted octanol–water partition coefficient (Wildman–Crippen LogP) is 4.31. The summed E-state index contributed by atoms with van der Waals surface area (Å²) in [4.78, 5) is 12.7. The Labute approximate surface area is 198 Å². The van der Waals surface area contributed by atoms with Crippen molar-refractivity contribution < 1.29 is 14.3 Å². The van der Waals surface area contributed by atoms with Gasteiger partial charge in [-0.25, -0.2) is 4.68 Å². The van der Waals surface area contributed by atoms with Crippen molar-refractivity contribution in [2.75, 3.05) is 19.8 Å². The summed E-state index contributed by atoms with van der Waals surface area (Å²) < 4.78 is 12.9. The molecule has 1 aliphatic rings. The highest BCUT2D eigenvalue weighted by Crippen LogP contribution is 2.27. The van der Waals surface area contributed by atoms with E-state index in [1.54, 1.807) is 16.8 Å². The first-order valence-electron chi connectivity index (χ1n) is 11.2. The molecule has 7 heteroatoms. The molecule has 1 amide bonds. The van der Waals surface area contributed by atoms with Crippen LogP contribution in [0.1, 0.15) is 18.4 Å². The molecule has 172 valence electrons. The van der Waals surface area contributed by atoms with Crippen molar-refractivity contribution in [2.24, 2.45) is 0 Å². The molecule has 1 saturated heterocycles. The lowest BCUT2D eigenvalue weighted by atomic mass is 10.1. The summed E-state index contributed by atoms with van der Waals surface area (Å²) in [7, 11) is 0. The largest absolute Gasteiger partial charge is 0.490 e. The van der Waals surface area contributed by atoms with Gasteiger partial charge in [0.15, 0.2) is 0 Å². The number of ether oxygens (including phenoxy) is 2. The number of hydrogen-bond acceptors (Lipinski definition) is 5. The van der Waals surface area contributed by atoms with Crippen molar-refractivity contribution in [3.05, 3.63) is 84.6 Å². The zero-order chi connectivity index (χ0) is 23.8. The van der Waals surface area contributed by atoms with Crippen molar-refractivity contribution in [1.82, 2.24) is 15.1 Å². The molecule has 0 radical (unpaired) electrons. The number of nitriles is 1. The Morgan fingerprint density at radius 1 is 1.26 bits per heavy atom. The van der Waals surface area contributed by atoms with E-state index in [2.05, 4.69) is 11.9 Å². The van der Waals surface area contributed by atoms with E-state index in [4.69, 9.17) is 14.6 Å². The number of hydrogen-bond donors (Lipinski definition) is 1. The summed E-state index contributed by atoms with van der Waals surface area (Å²) in [6.45, 7) is 5.18. The van der Waals surface area contributed by atoms with E-state index in [-0.39, 0.29) is 11.7 Å². The van der Waals surface area contributed by atoms with E-state index in [1.165, 1.54) is 0 Å². The summed E-state index contributed by atoms with van der Waals surface area (Å²) in [5, 5.41) is 17.3. The van der Waals surface area contributed by atoms with Crippen LogP contribution in [0.2, 0.25) is 0 Å². The van der Waals surface area contributed by atoms with Crippen LogP contribution in [0.4, 0.5) is 0 Å². The second kappa shape index (κ2) is 11.1. The molecule has 7 nitrogen and oxygen atoms in total. The molecular weight excluding hydrogens is 428 g/mol. The fourth-order valence-electron chi connectivity index (χ4n) is 3.71. The van der Waals surface area contributed by atoms with Gasteiger partial charge < -0.3 is 14.8 Å². The smallest absolute Gasteiger partial charge is 0.262 e. The minimum Gasteiger partial charge on any atom is -0.490 e. The summed E-state index contributed by atoms with van der Waals surface area (Å²) in [5.74, 6) is 0.291. The number of nitrogens with one attached hydrogen (secondary N) is 1. The second-order valence-electron chi connectivity index (χ2n) is 7.85. The lowest BCUT2D eigenvalue weighted by Crippen LogP contribution is -2.32. The zero-order valence-corrected chi connectivity index (χ0v) is 18.8. The minimum absolute atomic E-state index is 0.00195. The summed E-state index contributed by atoms with van der Waals surface area (Å²) in [5.41, 5.74) is 3.03. The number of nitrogens with zero attached hydrogens (tertiary/aromatic N) is 3. The van der Waals surface area contributed by atoms with Gasteiger partial charge in [0.2, 0.25) is 0 Å². The van der Waals surface area contributed by atoms with E-state index in [0.717, 1.165) is 29.8 Å². The summed E-state index contributed by atoms with van der Waals surface area (Å²) >= 11 is 0. The fraction of sp³-hybridized carbons (Fsp3) is 0.222. The second-order valence-corrected chi connectivity index (χ2v) is 7.85. The van der Waals surface area contributed by atoms with Crippen molar-refractivity contribution in [2.45, 2.75) is 18.9 Å². The molecule has 2 aromatic carbocycles. The van der Waals surface area contributed by atoms with Crippen molar-refractivity contribution >= 4 is 12.0 Å². The molecule has 0 aliphatic carbocycles. The van der Waals surface area contributed by atoms with Gasteiger partial charge in [-0.1, -0.05) is 30.9 Å². The molecule has 0 saturated carbocycles. The average Bonchev–Trinajstić information content (AvgIpc) is 3.56. The van der Waals surface area contributed by atoms with Gasteiger partial charge in [0, 0.05) is 30.5 Å². The first-order valence-corrected chi connectivity index (χ1v) is 11.2. The quantitative estimate of drug-likeness (QED) is 0.296.